The zero-order chi connectivity index (χ0) is 21.4. The second-order valence-corrected chi connectivity index (χ2v) is 11.1. The molecule has 1 N–H and O–H groups in total. The molecule has 5 rings (SSSR count). The van der Waals surface area contributed by atoms with E-state index in [1.807, 2.05) is 19.1 Å². The molecule has 2 aromatic rings. The average Bonchev–Trinajstić information content (AvgIpc) is 3.58. The molecule has 6 nitrogen and oxygen atoms in total. The van der Waals surface area contributed by atoms with Crippen molar-refractivity contribution in [1.82, 2.24) is 20.1 Å². The van der Waals surface area contributed by atoms with Crippen LogP contribution >= 0.6 is 11.8 Å². The van der Waals surface area contributed by atoms with Crippen LogP contribution in [0.2, 0.25) is 0 Å². The Bertz CT molecular complexity index is 890. The van der Waals surface area contributed by atoms with E-state index in [-0.39, 0.29) is 17.2 Å². The van der Waals surface area contributed by atoms with Crippen LogP contribution in [-0.2, 0) is 4.79 Å². The fraction of sp³-hybridized carbons (Fsp3) is 0.708. The quantitative estimate of drug-likeness (QED) is 0.576. The fourth-order valence-corrected chi connectivity index (χ4v) is 7.09. The monoisotopic (exact) mass is 442 g/mol. The lowest BCUT2D eigenvalue weighted by Crippen LogP contribution is -2.43. The molecule has 2 heterocycles. The summed E-state index contributed by atoms with van der Waals surface area (Å²) in [6.07, 6.45) is 13.1. The van der Waals surface area contributed by atoms with Gasteiger partial charge in [0.2, 0.25) is 11.7 Å². The van der Waals surface area contributed by atoms with E-state index in [0.717, 1.165) is 41.4 Å². The number of aromatic nitrogens is 3. The topological polar surface area (TPSA) is 73.0 Å². The van der Waals surface area contributed by atoms with Crippen molar-refractivity contribution in [2.45, 2.75) is 94.1 Å². The molecule has 168 valence electrons. The van der Waals surface area contributed by atoms with Crippen molar-refractivity contribution < 1.29 is 9.21 Å². The van der Waals surface area contributed by atoms with Crippen LogP contribution in [0.15, 0.2) is 28.0 Å². The molecule has 0 spiro atoms. The summed E-state index contributed by atoms with van der Waals surface area (Å²) in [5, 5.41) is 12.9. The van der Waals surface area contributed by atoms with Crippen molar-refractivity contribution in [1.29, 1.82) is 0 Å². The summed E-state index contributed by atoms with van der Waals surface area (Å²) < 4.78 is 7.87. The van der Waals surface area contributed by atoms with Crippen LogP contribution in [0, 0.1) is 17.8 Å². The first-order valence-electron chi connectivity index (χ1n) is 12.1. The first-order valence-corrected chi connectivity index (χ1v) is 12.9. The number of carbonyl (C=O) groups is 1. The minimum atomic E-state index is -0.211. The Morgan fingerprint density at radius 2 is 2.00 bits per heavy atom. The van der Waals surface area contributed by atoms with Crippen molar-refractivity contribution in [3.05, 3.63) is 18.4 Å². The summed E-state index contributed by atoms with van der Waals surface area (Å²) >= 11 is 1.53. The Hall–Kier alpha value is -1.76. The summed E-state index contributed by atoms with van der Waals surface area (Å²) in [7, 11) is 0. The second-order valence-electron chi connectivity index (χ2n) is 9.84. The van der Waals surface area contributed by atoms with E-state index >= 15 is 0 Å². The molecule has 2 bridgehead atoms. The highest BCUT2D eigenvalue weighted by Gasteiger charge is 2.42. The van der Waals surface area contributed by atoms with E-state index in [0.29, 0.717) is 12.0 Å². The maximum absolute atomic E-state index is 13.0. The Morgan fingerprint density at radius 1 is 1.16 bits per heavy atom. The third kappa shape index (κ3) is 4.30. The minimum absolute atomic E-state index is 0.109. The highest BCUT2D eigenvalue weighted by molar-refractivity contribution is 8.00. The first kappa shape index (κ1) is 21.1. The third-order valence-electron chi connectivity index (χ3n) is 7.80. The SMILES string of the molecule is CC(Sc1nnc(-c2ccco2)n1C1CCCCC1)C(=O)NC(C)C1CC2CCC1C2. The molecule has 5 atom stereocenters. The molecule has 3 aliphatic carbocycles. The summed E-state index contributed by atoms with van der Waals surface area (Å²) in [5.41, 5.74) is 0. The molecule has 0 aromatic carbocycles. The highest BCUT2D eigenvalue weighted by atomic mass is 32.2. The number of carbonyl (C=O) groups excluding carboxylic acids is 1. The van der Waals surface area contributed by atoms with Gasteiger partial charge < -0.3 is 9.73 Å². The van der Waals surface area contributed by atoms with Crippen LogP contribution < -0.4 is 5.32 Å². The van der Waals surface area contributed by atoms with Crippen LogP contribution in [0.1, 0.15) is 77.7 Å². The first-order chi connectivity index (χ1) is 15.1. The summed E-state index contributed by atoms with van der Waals surface area (Å²) in [4.78, 5) is 13.0. The predicted molar refractivity (Wildman–Crippen MR) is 122 cm³/mol. The molecule has 7 heteroatoms. The molecule has 2 aromatic heterocycles. The van der Waals surface area contributed by atoms with Gasteiger partial charge in [0.05, 0.1) is 11.5 Å². The molecule has 3 fully saturated rings. The normalized spacial score (nSPS) is 28.0. The van der Waals surface area contributed by atoms with Gasteiger partial charge in [-0.1, -0.05) is 37.4 Å². The Labute approximate surface area is 188 Å². The lowest BCUT2D eigenvalue weighted by Gasteiger charge is -2.29. The van der Waals surface area contributed by atoms with Crippen LogP contribution in [0.5, 0.6) is 0 Å². The summed E-state index contributed by atoms with van der Waals surface area (Å²) in [6, 6.07) is 4.44. The standard InChI is InChI=1S/C24H34N4O2S/c1-15(20-14-17-10-11-18(20)13-17)25-23(29)16(2)31-24-27-26-22(21-9-6-12-30-21)28(24)19-7-4-3-5-8-19/h6,9,12,15-20H,3-5,7-8,10-11,13-14H2,1-2H3,(H,25,29). The highest BCUT2D eigenvalue weighted by Crippen LogP contribution is 2.49. The van der Waals surface area contributed by atoms with Gasteiger partial charge >= 0.3 is 0 Å². The van der Waals surface area contributed by atoms with E-state index in [1.54, 1.807) is 6.26 Å². The third-order valence-corrected chi connectivity index (χ3v) is 8.86. The molecule has 0 saturated heterocycles. The van der Waals surface area contributed by atoms with Gasteiger partial charge in [0, 0.05) is 12.1 Å². The van der Waals surface area contributed by atoms with Gasteiger partial charge in [0.1, 0.15) is 0 Å². The number of rotatable bonds is 7. The molecule has 3 aliphatic rings. The lowest BCUT2D eigenvalue weighted by atomic mass is 9.84. The number of thioether (sulfide) groups is 1. The van der Waals surface area contributed by atoms with Gasteiger partial charge in [-0.2, -0.15) is 0 Å². The Morgan fingerprint density at radius 3 is 2.68 bits per heavy atom. The van der Waals surface area contributed by atoms with Gasteiger partial charge in [0.25, 0.3) is 0 Å². The largest absolute Gasteiger partial charge is 0.461 e. The fourth-order valence-electron chi connectivity index (χ4n) is 6.17. The van der Waals surface area contributed by atoms with Crippen LogP contribution in [0.3, 0.4) is 0 Å². The van der Waals surface area contributed by atoms with Crippen molar-refractivity contribution >= 4 is 17.7 Å². The van der Waals surface area contributed by atoms with E-state index < -0.39 is 0 Å². The summed E-state index contributed by atoms with van der Waals surface area (Å²) in [6.45, 7) is 4.18. The van der Waals surface area contributed by atoms with Crippen molar-refractivity contribution in [2.75, 3.05) is 0 Å². The van der Waals surface area contributed by atoms with Gasteiger partial charge in [-0.25, -0.2) is 0 Å². The molecule has 3 saturated carbocycles. The van der Waals surface area contributed by atoms with E-state index in [4.69, 9.17) is 4.42 Å². The number of furan rings is 1. The molecular formula is C24H34N4O2S. The van der Waals surface area contributed by atoms with E-state index in [9.17, 15) is 4.79 Å². The average molecular weight is 443 g/mol. The van der Waals surface area contributed by atoms with Crippen molar-refractivity contribution in [3.8, 4) is 11.6 Å². The van der Waals surface area contributed by atoms with Gasteiger partial charge in [-0.05, 0) is 75.8 Å². The maximum Gasteiger partial charge on any atom is 0.233 e. The van der Waals surface area contributed by atoms with Crippen molar-refractivity contribution in [2.24, 2.45) is 17.8 Å². The number of hydrogen-bond acceptors (Lipinski definition) is 5. The Balaban J connectivity index is 1.29. The maximum atomic E-state index is 13.0. The molecule has 1 amide bonds. The molecular weight excluding hydrogens is 408 g/mol. The van der Waals surface area contributed by atoms with Crippen LogP contribution in [0.25, 0.3) is 11.6 Å². The zero-order valence-electron chi connectivity index (χ0n) is 18.6. The molecule has 0 aliphatic heterocycles. The van der Waals surface area contributed by atoms with E-state index in [1.165, 1.54) is 56.7 Å². The minimum Gasteiger partial charge on any atom is -0.461 e. The molecule has 5 unspecified atom stereocenters. The van der Waals surface area contributed by atoms with Crippen LogP contribution in [-0.4, -0.2) is 32.0 Å². The molecule has 31 heavy (non-hydrogen) atoms. The lowest BCUT2D eigenvalue weighted by molar-refractivity contribution is -0.121. The van der Waals surface area contributed by atoms with Crippen molar-refractivity contribution in [3.63, 3.8) is 0 Å². The number of hydrogen-bond donors (Lipinski definition) is 1. The zero-order valence-corrected chi connectivity index (χ0v) is 19.4. The number of nitrogens with zero attached hydrogens (tertiary/aromatic N) is 3. The van der Waals surface area contributed by atoms with Gasteiger partial charge in [-0.15, -0.1) is 10.2 Å². The van der Waals surface area contributed by atoms with Crippen LogP contribution in [0.4, 0.5) is 0 Å². The molecule has 0 radical (unpaired) electrons. The second kappa shape index (κ2) is 9.00. The van der Waals surface area contributed by atoms with E-state index in [2.05, 4.69) is 27.0 Å². The number of fused-ring (bicyclic) bond motifs is 2. The number of amides is 1. The van der Waals surface area contributed by atoms with Gasteiger partial charge in [-0.3, -0.25) is 9.36 Å². The van der Waals surface area contributed by atoms with Gasteiger partial charge in [0.15, 0.2) is 10.9 Å². The predicted octanol–water partition coefficient (Wildman–Crippen LogP) is 5.46. The summed E-state index contributed by atoms with van der Waals surface area (Å²) in [5.74, 6) is 3.99. The smallest absolute Gasteiger partial charge is 0.233 e. The Kier molecular flexibility index (Phi) is 6.13. The number of nitrogens with one attached hydrogen (secondary N) is 1.